The van der Waals surface area contributed by atoms with Gasteiger partial charge in [0.1, 0.15) is 5.75 Å². The molecule has 0 saturated carbocycles. The van der Waals surface area contributed by atoms with Gasteiger partial charge < -0.3 is 10.1 Å². The van der Waals surface area contributed by atoms with Crippen molar-refractivity contribution in [3.8, 4) is 5.75 Å². The summed E-state index contributed by atoms with van der Waals surface area (Å²) in [5.74, 6) is 2.06. The van der Waals surface area contributed by atoms with E-state index in [0.29, 0.717) is 6.04 Å². The Kier molecular flexibility index (Phi) is 7.13. The molecule has 1 unspecified atom stereocenters. The van der Waals surface area contributed by atoms with Gasteiger partial charge in [0.2, 0.25) is 0 Å². The highest BCUT2D eigenvalue weighted by Gasteiger charge is 2.12. The third-order valence-corrected chi connectivity index (χ3v) is 3.27. The number of hydrogen-bond donors (Lipinski definition) is 1. The molecule has 2 nitrogen and oxygen atoms in total. The zero-order valence-corrected chi connectivity index (χ0v) is 11.8. The van der Waals surface area contributed by atoms with Crippen LogP contribution in [0.2, 0.25) is 0 Å². The van der Waals surface area contributed by atoms with Crippen LogP contribution >= 0.6 is 11.8 Å². The summed E-state index contributed by atoms with van der Waals surface area (Å²) in [6.45, 7) is 6.10. The maximum atomic E-state index is 5.85. The van der Waals surface area contributed by atoms with Crippen LogP contribution in [0.4, 0.5) is 0 Å². The molecule has 17 heavy (non-hydrogen) atoms. The standard InChI is InChI=1S/C14H23NOS/c1-4-13(15-5-2)12-8-6-7-9-14(12)16-10-11-17-3/h6-9,13,15H,4-5,10-11H2,1-3H3. The van der Waals surface area contributed by atoms with Crippen LogP contribution in [0.5, 0.6) is 5.75 Å². The zero-order valence-electron chi connectivity index (χ0n) is 11.0. The SMILES string of the molecule is CCNC(CC)c1ccccc1OCCSC. The van der Waals surface area contributed by atoms with E-state index >= 15 is 0 Å². The maximum Gasteiger partial charge on any atom is 0.124 e. The van der Waals surface area contributed by atoms with E-state index in [9.17, 15) is 0 Å². The first kappa shape index (κ1) is 14.4. The summed E-state index contributed by atoms with van der Waals surface area (Å²) in [7, 11) is 0. The minimum absolute atomic E-state index is 0.394. The monoisotopic (exact) mass is 253 g/mol. The van der Waals surface area contributed by atoms with Crippen molar-refractivity contribution in [2.45, 2.75) is 26.3 Å². The molecule has 1 aromatic carbocycles. The van der Waals surface area contributed by atoms with Crippen LogP contribution in [-0.2, 0) is 0 Å². The Morgan fingerprint density at radius 1 is 1.29 bits per heavy atom. The van der Waals surface area contributed by atoms with Crippen LogP contribution in [-0.4, -0.2) is 25.2 Å². The van der Waals surface area contributed by atoms with Crippen LogP contribution in [0.15, 0.2) is 24.3 Å². The second-order valence-electron chi connectivity index (χ2n) is 3.90. The Balaban J connectivity index is 2.74. The van der Waals surface area contributed by atoms with Crippen molar-refractivity contribution in [2.24, 2.45) is 0 Å². The molecule has 0 fully saturated rings. The molecule has 0 aliphatic carbocycles. The smallest absolute Gasteiger partial charge is 0.124 e. The fourth-order valence-electron chi connectivity index (χ4n) is 1.86. The zero-order chi connectivity index (χ0) is 12.5. The van der Waals surface area contributed by atoms with E-state index in [1.807, 2.05) is 17.8 Å². The molecule has 0 saturated heterocycles. The first-order valence-corrected chi connectivity index (χ1v) is 7.66. The Hall–Kier alpha value is -0.670. The molecule has 1 N–H and O–H groups in total. The lowest BCUT2D eigenvalue weighted by molar-refractivity contribution is 0.334. The van der Waals surface area contributed by atoms with Crippen molar-refractivity contribution in [1.82, 2.24) is 5.32 Å². The van der Waals surface area contributed by atoms with Gasteiger partial charge >= 0.3 is 0 Å². The topological polar surface area (TPSA) is 21.3 Å². The van der Waals surface area contributed by atoms with Gasteiger partial charge in [0.05, 0.1) is 6.61 Å². The predicted molar refractivity (Wildman–Crippen MR) is 77.0 cm³/mol. The van der Waals surface area contributed by atoms with Crippen molar-refractivity contribution >= 4 is 11.8 Å². The van der Waals surface area contributed by atoms with Gasteiger partial charge in [-0.3, -0.25) is 0 Å². The Bertz CT molecular complexity index is 317. The molecule has 0 aliphatic heterocycles. The normalized spacial score (nSPS) is 12.4. The highest BCUT2D eigenvalue weighted by molar-refractivity contribution is 7.98. The second-order valence-corrected chi connectivity index (χ2v) is 4.88. The summed E-state index contributed by atoms with van der Waals surface area (Å²) >= 11 is 1.81. The quantitative estimate of drug-likeness (QED) is 0.717. The number of benzene rings is 1. The summed E-state index contributed by atoms with van der Waals surface area (Å²) in [4.78, 5) is 0. The van der Waals surface area contributed by atoms with E-state index in [1.165, 1.54) is 5.56 Å². The molecular formula is C14H23NOS. The molecule has 0 amide bonds. The average molecular weight is 253 g/mol. The lowest BCUT2D eigenvalue weighted by Gasteiger charge is -2.19. The van der Waals surface area contributed by atoms with Crippen LogP contribution in [0.25, 0.3) is 0 Å². The molecular weight excluding hydrogens is 230 g/mol. The largest absolute Gasteiger partial charge is 0.492 e. The van der Waals surface area contributed by atoms with E-state index < -0.39 is 0 Å². The average Bonchev–Trinajstić information content (AvgIpc) is 2.37. The number of rotatable bonds is 8. The minimum atomic E-state index is 0.394. The number of nitrogens with one attached hydrogen (secondary N) is 1. The highest BCUT2D eigenvalue weighted by Crippen LogP contribution is 2.27. The van der Waals surface area contributed by atoms with Crippen LogP contribution < -0.4 is 10.1 Å². The molecule has 0 radical (unpaired) electrons. The Morgan fingerprint density at radius 2 is 2.06 bits per heavy atom. The molecule has 1 aromatic rings. The fraction of sp³-hybridized carbons (Fsp3) is 0.571. The van der Waals surface area contributed by atoms with Gasteiger partial charge in [0, 0.05) is 17.4 Å². The van der Waals surface area contributed by atoms with Crippen molar-refractivity contribution in [1.29, 1.82) is 0 Å². The fourth-order valence-corrected chi connectivity index (χ4v) is 2.11. The summed E-state index contributed by atoms with van der Waals surface area (Å²) in [5.41, 5.74) is 1.28. The van der Waals surface area contributed by atoms with Crippen molar-refractivity contribution in [3.05, 3.63) is 29.8 Å². The molecule has 1 rings (SSSR count). The van der Waals surface area contributed by atoms with Crippen LogP contribution in [0.1, 0.15) is 31.9 Å². The molecule has 0 aromatic heterocycles. The van der Waals surface area contributed by atoms with E-state index in [1.54, 1.807) is 0 Å². The first-order valence-electron chi connectivity index (χ1n) is 6.27. The Labute approximate surface area is 109 Å². The summed E-state index contributed by atoms with van der Waals surface area (Å²) in [5, 5.41) is 3.49. The molecule has 1 atom stereocenters. The molecule has 96 valence electrons. The second kappa shape index (κ2) is 8.43. The summed E-state index contributed by atoms with van der Waals surface area (Å²) < 4.78 is 5.85. The van der Waals surface area contributed by atoms with Gasteiger partial charge in [-0.25, -0.2) is 0 Å². The van der Waals surface area contributed by atoms with Crippen molar-refractivity contribution in [2.75, 3.05) is 25.2 Å². The van der Waals surface area contributed by atoms with Gasteiger partial charge in [-0.1, -0.05) is 32.0 Å². The van der Waals surface area contributed by atoms with Gasteiger partial charge in [0.15, 0.2) is 0 Å². The lowest BCUT2D eigenvalue weighted by atomic mass is 10.0. The van der Waals surface area contributed by atoms with Crippen LogP contribution in [0, 0.1) is 0 Å². The third kappa shape index (κ3) is 4.60. The summed E-state index contributed by atoms with van der Waals surface area (Å²) in [6.07, 6.45) is 3.18. The van der Waals surface area contributed by atoms with E-state index in [0.717, 1.165) is 31.1 Å². The molecule has 0 aliphatic rings. The van der Waals surface area contributed by atoms with Gasteiger partial charge in [-0.2, -0.15) is 11.8 Å². The first-order chi connectivity index (χ1) is 8.33. The number of ether oxygens (including phenoxy) is 1. The van der Waals surface area contributed by atoms with E-state index in [2.05, 4.69) is 43.6 Å². The number of hydrogen-bond acceptors (Lipinski definition) is 3. The lowest BCUT2D eigenvalue weighted by Crippen LogP contribution is -2.21. The molecule has 0 heterocycles. The van der Waals surface area contributed by atoms with E-state index in [4.69, 9.17) is 4.74 Å². The highest BCUT2D eigenvalue weighted by atomic mass is 32.2. The molecule has 0 bridgehead atoms. The maximum absolute atomic E-state index is 5.85. The van der Waals surface area contributed by atoms with E-state index in [-0.39, 0.29) is 0 Å². The third-order valence-electron chi connectivity index (χ3n) is 2.70. The summed E-state index contributed by atoms with van der Waals surface area (Å²) in [6, 6.07) is 8.74. The van der Waals surface area contributed by atoms with Gasteiger partial charge in [0.25, 0.3) is 0 Å². The molecule has 0 spiro atoms. The van der Waals surface area contributed by atoms with Crippen LogP contribution in [0.3, 0.4) is 0 Å². The minimum Gasteiger partial charge on any atom is -0.492 e. The van der Waals surface area contributed by atoms with Crippen molar-refractivity contribution in [3.63, 3.8) is 0 Å². The number of para-hydroxylation sites is 1. The van der Waals surface area contributed by atoms with Gasteiger partial charge in [-0.15, -0.1) is 0 Å². The number of thioether (sulfide) groups is 1. The molecule has 3 heteroatoms. The van der Waals surface area contributed by atoms with Gasteiger partial charge in [-0.05, 0) is 25.3 Å². The predicted octanol–water partition coefficient (Wildman–Crippen LogP) is 3.49. The van der Waals surface area contributed by atoms with Crippen molar-refractivity contribution < 1.29 is 4.74 Å². The Morgan fingerprint density at radius 3 is 2.71 bits per heavy atom.